The van der Waals surface area contributed by atoms with Crippen molar-refractivity contribution in [2.75, 3.05) is 32.4 Å². The van der Waals surface area contributed by atoms with Crippen molar-refractivity contribution in [1.29, 1.82) is 0 Å². The number of aromatic nitrogens is 2. The normalized spacial score (nSPS) is 16.9. The molecule has 1 fully saturated rings. The summed E-state index contributed by atoms with van der Waals surface area (Å²) in [4.78, 5) is 27.1. The van der Waals surface area contributed by atoms with E-state index >= 15 is 0 Å². The SMILES string of the molecule is Cc1[nH]nc(C(=O)N2CCCN(C)C(=O)C2)c1N. The zero-order valence-corrected chi connectivity index (χ0v) is 10.6. The van der Waals surface area contributed by atoms with Crippen LogP contribution in [0.25, 0.3) is 0 Å². The van der Waals surface area contributed by atoms with Crippen LogP contribution in [-0.2, 0) is 4.79 Å². The van der Waals surface area contributed by atoms with Crippen molar-refractivity contribution in [2.45, 2.75) is 13.3 Å². The fraction of sp³-hybridized carbons (Fsp3) is 0.545. The van der Waals surface area contributed by atoms with Crippen LogP contribution in [0.15, 0.2) is 0 Å². The van der Waals surface area contributed by atoms with E-state index in [9.17, 15) is 9.59 Å². The molecule has 1 aromatic heterocycles. The number of likely N-dealkylation sites (N-methyl/N-ethyl adjacent to an activating group) is 1. The number of amides is 2. The van der Waals surface area contributed by atoms with E-state index in [-0.39, 0.29) is 24.1 Å². The summed E-state index contributed by atoms with van der Waals surface area (Å²) in [6.45, 7) is 3.04. The quantitative estimate of drug-likeness (QED) is 0.710. The first-order chi connectivity index (χ1) is 8.50. The van der Waals surface area contributed by atoms with Gasteiger partial charge >= 0.3 is 0 Å². The number of carbonyl (C=O) groups excluding carboxylic acids is 2. The van der Waals surface area contributed by atoms with E-state index in [1.165, 1.54) is 4.90 Å². The van der Waals surface area contributed by atoms with Crippen LogP contribution >= 0.6 is 0 Å². The van der Waals surface area contributed by atoms with Crippen LogP contribution < -0.4 is 5.73 Å². The van der Waals surface area contributed by atoms with E-state index in [0.29, 0.717) is 24.5 Å². The van der Waals surface area contributed by atoms with E-state index in [1.54, 1.807) is 18.9 Å². The lowest BCUT2D eigenvalue weighted by molar-refractivity contribution is -0.129. The first-order valence-corrected chi connectivity index (χ1v) is 5.84. The molecule has 0 aromatic carbocycles. The zero-order chi connectivity index (χ0) is 13.3. The Morgan fingerprint density at radius 3 is 2.78 bits per heavy atom. The van der Waals surface area contributed by atoms with Gasteiger partial charge < -0.3 is 15.5 Å². The van der Waals surface area contributed by atoms with Gasteiger partial charge in [-0.05, 0) is 13.3 Å². The van der Waals surface area contributed by atoms with Gasteiger partial charge in [-0.1, -0.05) is 0 Å². The second-order valence-corrected chi connectivity index (χ2v) is 4.51. The number of nitrogens with zero attached hydrogens (tertiary/aromatic N) is 3. The number of anilines is 1. The molecule has 1 aromatic rings. The molecule has 18 heavy (non-hydrogen) atoms. The standard InChI is InChI=1S/C11H17N5O2/c1-7-9(12)10(14-13-7)11(18)16-5-3-4-15(2)8(17)6-16/h3-6,12H2,1-2H3,(H,13,14). The minimum absolute atomic E-state index is 0.0633. The van der Waals surface area contributed by atoms with E-state index in [1.807, 2.05) is 0 Å². The number of hydrogen-bond donors (Lipinski definition) is 2. The molecule has 0 bridgehead atoms. The summed E-state index contributed by atoms with van der Waals surface area (Å²) in [5.41, 5.74) is 6.99. The van der Waals surface area contributed by atoms with Gasteiger partial charge in [-0.3, -0.25) is 14.7 Å². The third kappa shape index (κ3) is 2.15. The molecule has 0 spiro atoms. The molecule has 0 saturated carbocycles. The summed E-state index contributed by atoms with van der Waals surface area (Å²) < 4.78 is 0. The average molecular weight is 251 g/mol. The lowest BCUT2D eigenvalue weighted by atomic mass is 10.2. The van der Waals surface area contributed by atoms with Crippen LogP contribution in [-0.4, -0.2) is 58.5 Å². The van der Waals surface area contributed by atoms with Crippen molar-refractivity contribution in [3.05, 3.63) is 11.4 Å². The Morgan fingerprint density at radius 1 is 1.44 bits per heavy atom. The first-order valence-electron chi connectivity index (χ1n) is 5.84. The van der Waals surface area contributed by atoms with Gasteiger partial charge in [-0.2, -0.15) is 5.10 Å². The van der Waals surface area contributed by atoms with Crippen LogP contribution in [0, 0.1) is 6.92 Å². The summed E-state index contributed by atoms with van der Waals surface area (Å²) in [6, 6.07) is 0. The van der Waals surface area contributed by atoms with Crippen LogP contribution in [0.2, 0.25) is 0 Å². The van der Waals surface area contributed by atoms with Crippen molar-refractivity contribution < 1.29 is 9.59 Å². The number of nitrogens with two attached hydrogens (primary N) is 1. The molecular weight excluding hydrogens is 234 g/mol. The predicted molar refractivity (Wildman–Crippen MR) is 65.9 cm³/mol. The first kappa shape index (κ1) is 12.4. The molecule has 0 unspecified atom stereocenters. The Hall–Kier alpha value is -2.05. The van der Waals surface area contributed by atoms with Crippen molar-refractivity contribution in [1.82, 2.24) is 20.0 Å². The highest BCUT2D eigenvalue weighted by Gasteiger charge is 2.26. The Balaban J connectivity index is 2.18. The number of carbonyl (C=O) groups is 2. The molecule has 1 saturated heterocycles. The molecule has 7 nitrogen and oxygen atoms in total. The van der Waals surface area contributed by atoms with Gasteiger partial charge in [-0.15, -0.1) is 0 Å². The fourth-order valence-electron chi connectivity index (χ4n) is 1.91. The zero-order valence-electron chi connectivity index (χ0n) is 10.6. The molecule has 98 valence electrons. The predicted octanol–water partition coefficient (Wildman–Crippen LogP) is -0.395. The molecule has 2 rings (SSSR count). The lowest BCUT2D eigenvalue weighted by Gasteiger charge is -2.18. The average Bonchev–Trinajstić information content (AvgIpc) is 2.56. The number of nitrogens with one attached hydrogen (secondary N) is 1. The molecule has 2 amide bonds. The Labute approximate surface area is 105 Å². The molecule has 7 heteroatoms. The maximum absolute atomic E-state index is 12.2. The number of aromatic amines is 1. The van der Waals surface area contributed by atoms with Crippen molar-refractivity contribution in [3.63, 3.8) is 0 Å². The number of H-pyrrole nitrogens is 1. The maximum atomic E-state index is 12.2. The van der Waals surface area contributed by atoms with Crippen LogP contribution in [0.1, 0.15) is 22.6 Å². The van der Waals surface area contributed by atoms with E-state index in [4.69, 9.17) is 5.73 Å². The van der Waals surface area contributed by atoms with Crippen LogP contribution in [0.4, 0.5) is 5.69 Å². The number of nitrogen functional groups attached to an aromatic ring is 1. The summed E-state index contributed by atoms with van der Waals surface area (Å²) in [7, 11) is 1.74. The van der Waals surface area contributed by atoms with Gasteiger partial charge in [0.2, 0.25) is 5.91 Å². The number of aryl methyl sites for hydroxylation is 1. The van der Waals surface area contributed by atoms with Gasteiger partial charge in [0.15, 0.2) is 5.69 Å². The van der Waals surface area contributed by atoms with Gasteiger partial charge in [-0.25, -0.2) is 0 Å². The monoisotopic (exact) mass is 251 g/mol. The Kier molecular flexibility index (Phi) is 3.22. The van der Waals surface area contributed by atoms with Gasteiger partial charge in [0.1, 0.15) is 6.54 Å². The molecule has 1 aliphatic heterocycles. The highest BCUT2D eigenvalue weighted by molar-refractivity contribution is 5.99. The molecular formula is C11H17N5O2. The smallest absolute Gasteiger partial charge is 0.276 e. The Morgan fingerprint density at radius 2 is 2.17 bits per heavy atom. The Bertz CT molecular complexity index is 482. The molecule has 0 atom stereocenters. The minimum Gasteiger partial charge on any atom is -0.395 e. The second kappa shape index (κ2) is 4.67. The summed E-state index contributed by atoms with van der Waals surface area (Å²) in [6.07, 6.45) is 0.761. The minimum atomic E-state index is -0.291. The molecule has 0 aliphatic carbocycles. The topological polar surface area (TPSA) is 95.3 Å². The number of hydrogen-bond acceptors (Lipinski definition) is 4. The van der Waals surface area contributed by atoms with Gasteiger partial charge in [0.25, 0.3) is 5.91 Å². The third-order valence-corrected chi connectivity index (χ3v) is 3.16. The summed E-state index contributed by atoms with van der Waals surface area (Å²) in [5.74, 6) is -0.354. The van der Waals surface area contributed by atoms with Crippen molar-refractivity contribution >= 4 is 17.5 Å². The van der Waals surface area contributed by atoms with Gasteiger partial charge in [0.05, 0.1) is 11.4 Å². The largest absolute Gasteiger partial charge is 0.395 e. The van der Waals surface area contributed by atoms with Gasteiger partial charge in [0, 0.05) is 20.1 Å². The molecule has 3 N–H and O–H groups in total. The van der Waals surface area contributed by atoms with E-state index < -0.39 is 0 Å². The highest BCUT2D eigenvalue weighted by atomic mass is 16.2. The molecule has 0 radical (unpaired) electrons. The maximum Gasteiger partial charge on any atom is 0.276 e. The van der Waals surface area contributed by atoms with Crippen molar-refractivity contribution in [2.24, 2.45) is 0 Å². The lowest BCUT2D eigenvalue weighted by Crippen LogP contribution is -2.38. The number of rotatable bonds is 1. The third-order valence-electron chi connectivity index (χ3n) is 3.16. The van der Waals surface area contributed by atoms with Crippen molar-refractivity contribution in [3.8, 4) is 0 Å². The second-order valence-electron chi connectivity index (χ2n) is 4.51. The molecule has 2 heterocycles. The van der Waals surface area contributed by atoms with Crippen LogP contribution in [0.3, 0.4) is 0 Å². The fourth-order valence-corrected chi connectivity index (χ4v) is 1.91. The van der Waals surface area contributed by atoms with Crippen LogP contribution in [0.5, 0.6) is 0 Å². The molecule has 1 aliphatic rings. The highest BCUT2D eigenvalue weighted by Crippen LogP contribution is 2.16. The summed E-state index contributed by atoms with van der Waals surface area (Å²) in [5, 5.41) is 6.57. The van der Waals surface area contributed by atoms with E-state index in [0.717, 1.165) is 6.42 Å². The summed E-state index contributed by atoms with van der Waals surface area (Å²) >= 11 is 0. The van der Waals surface area contributed by atoms with E-state index in [2.05, 4.69) is 10.2 Å².